The number of unbranched alkanes of at least 4 members (excludes halogenated alkanes) is 1. The third-order valence-electron chi connectivity index (χ3n) is 18.7. The molecule has 0 bridgehead atoms. The minimum atomic E-state index is -1.86. The maximum Gasteiger partial charge on any atom is 0.326 e. The maximum atomic E-state index is 14.4. The summed E-state index contributed by atoms with van der Waals surface area (Å²) in [6.07, 6.45) is -0.0365. The summed E-state index contributed by atoms with van der Waals surface area (Å²) < 4.78 is 0. The number of nitrogens with zero attached hydrogens (tertiary/aromatic N) is 2. The van der Waals surface area contributed by atoms with E-state index in [4.69, 9.17) is 67.5 Å². The second-order valence-corrected chi connectivity index (χ2v) is 29.2. The van der Waals surface area contributed by atoms with Gasteiger partial charge in [0.25, 0.3) is 0 Å². The van der Waals surface area contributed by atoms with Crippen molar-refractivity contribution in [3.63, 3.8) is 0 Å². The van der Waals surface area contributed by atoms with Gasteiger partial charge in [-0.3, -0.25) is 103 Å². The number of aliphatic hydroxyl groups excluding tert-OH is 1. The van der Waals surface area contributed by atoms with Crippen molar-refractivity contribution in [2.75, 3.05) is 58.2 Å². The molecule has 0 spiro atoms. The number of primary amides is 2. The Balaban J connectivity index is 2.41. The highest BCUT2D eigenvalue weighted by molar-refractivity contribution is 7.80. The SMILES string of the molecule is C[C@H](NC(=O)[C@H](CO)NC(=O)[C@H](Cc1cnc[nH]1)NC(=O)CNC(=O)[C@H](CCC(=O)O)NC(=O)[C@@H](N)CCCCN)C(=O)N[C@@H](CCCNC(=N)N)C(=O)N[C@@H](CCC(N)=O)C(=O)N[C@@H](CS)C(=O)N[C@@H](CCCNC(=N)N)C(=O)N[C@@H](C)C(=O)N1CCC[C@H]1C(=O)N[C@@H](CCCNC(=N)N)C(=O)N[C@@H](CCCNC(=N)N)C(=O)N[C@@H](CCC(N)=O)C(=O)O. The van der Waals surface area contributed by atoms with E-state index in [2.05, 4.69) is 113 Å². The first-order valence-electron chi connectivity index (χ1n) is 39.7. The van der Waals surface area contributed by atoms with E-state index in [1.807, 2.05) is 0 Å². The molecule has 16 amide bonds. The molecule has 2 rings (SSSR count). The van der Waals surface area contributed by atoms with Crippen LogP contribution >= 0.6 is 12.6 Å². The van der Waals surface area contributed by atoms with E-state index < -0.39 is 272 Å². The highest BCUT2D eigenvalue weighted by atomic mass is 32.1. The standard InChI is InChI=1S/C70H122N32O21S/c1-34(90-62(118)46(31-103)100-61(117)45(28-36-29-83-33-89-36)92-51(106)30-88-55(111)42(18-21-52(107)108)94-54(110)37(72)10-3-4-22-71)53(109)93-39(12-6-24-85-68(77)78)57(113)97-43(16-19-49(73)104)60(116)101-47(32-124)63(119)96-38(11-5-23-84-67(75)76)56(112)91-35(2)65(121)102-27-9-15-48(102)64(120)98-41(14-8-26-87-70(81)82)58(114)95-40(13-7-25-86-69(79)80)59(115)99-44(66(122)123)17-20-50(74)105/h29,33-35,37-48,103,124H,3-28,30-32,71-72H2,1-2H3,(H2,73,104)(H2,74,105)(H,83,89)(H,88,111)(H,90,118)(H,91,112)(H,92,106)(H,93,109)(H,94,110)(H,95,114)(H,96,119)(H,97,113)(H,98,120)(H,99,115)(H,100,117)(H,101,116)(H,107,108)(H,122,123)(H4,75,76,84)(H4,77,78,85)(H4,79,80,86)(H4,81,82,87)/t34-,35-,37-,38-,39-,40-,41-,42-,43-,44-,45-,46-,47-,48-/m0/s1. The average Bonchev–Trinajstić information content (AvgIpc) is 1.66. The maximum absolute atomic E-state index is 14.4. The normalized spacial score (nSPS) is 15.2. The molecule has 41 N–H and O–H groups in total. The first-order chi connectivity index (χ1) is 58.5. The molecule has 1 aromatic rings. The largest absolute Gasteiger partial charge is 0.481 e. The number of aliphatic hydroxyl groups is 1. The highest BCUT2D eigenvalue weighted by Crippen LogP contribution is 2.20. The molecule has 2 heterocycles. The first kappa shape index (κ1) is 107. The summed E-state index contributed by atoms with van der Waals surface area (Å²) in [5.41, 5.74) is 44.2. The van der Waals surface area contributed by atoms with Crippen molar-refractivity contribution in [2.45, 2.75) is 227 Å². The zero-order valence-corrected chi connectivity index (χ0v) is 69.8. The van der Waals surface area contributed by atoms with Crippen molar-refractivity contribution in [2.24, 2.45) is 45.9 Å². The van der Waals surface area contributed by atoms with Gasteiger partial charge in [-0.05, 0) is 117 Å². The van der Waals surface area contributed by atoms with Gasteiger partial charge in [0, 0.05) is 76.1 Å². The molecule has 0 aliphatic carbocycles. The number of carbonyl (C=O) groups excluding carboxylic acids is 16. The Bertz CT molecular complexity index is 3850. The average molecular weight is 1780 g/mol. The number of thiol groups is 1. The smallest absolute Gasteiger partial charge is 0.326 e. The lowest BCUT2D eigenvalue weighted by Crippen LogP contribution is -2.61. The minimum Gasteiger partial charge on any atom is -0.481 e. The number of rotatable bonds is 61. The third-order valence-corrected chi connectivity index (χ3v) is 19.0. The number of nitrogens with two attached hydrogens (primary N) is 8. The molecule has 1 aliphatic rings. The summed E-state index contributed by atoms with van der Waals surface area (Å²) in [7, 11) is 0. The topological polar surface area (TPSA) is 908 Å². The van der Waals surface area contributed by atoms with Crippen molar-refractivity contribution < 1.29 is 102 Å². The lowest BCUT2D eigenvalue weighted by molar-refractivity contribution is -0.143. The van der Waals surface area contributed by atoms with Gasteiger partial charge in [0.1, 0.15) is 78.5 Å². The van der Waals surface area contributed by atoms with Gasteiger partial charge in [-0.15, -0.1) is 0 Å². The van der Waals surface area contributed by atoms with Crippen LogP contribution in [0.2, 0.25) is 0 Å². The summed E-state index contributed by atoms with van der Waals surface area (Å²) in [6.45, 7) is 0.651. The monoisotopic (exact) mass is 1780 g/mol. The lowest BCUT2D eigenvalue weighted by atomic mass is 10.0. The molecule has 0 unspecified atom stereocenters. The number of aromatic amines is 1. The second-order valence-electron chi connectivity index (χ2n) is 28.8. The summed E-state index contributed by atoms with van der Waals surface area (Å²) >= 11 is 4.26. The number of carboxylic acids is 2. The fourth-order valence-corrected chi connectivity index (χ4v) is 12.3. The Morgan fingerprint density at radius 3 is 1.31 bits per heavy atom. The number of carboxylic acid groups (broad SMARTS) is 2. The zero-order chi connectivity index (χ0) is 93.3. The third kappa shape index (κ3) is 42.5. The van der Waals surface area contributed by atoms with Crippen LogP contribution < -0.4 is 136 Å². The summed E-state index contributed by atoms with van der Waals surface area (Å²) in [5.74, 6) is -21.1. The molecule has 124 heavy (non-hydrogen) atoms. The first-order valence-corrected chi connectivity index (χ1v) is 40.3. The number of H-pyrrole nitrogens is 1. The van der Waals surface area contributed by atoms with Crippen molar-refractivity contribution in [1.29, 1.82) is 21.6 Å². The second kappa shape index (κ2) is 57.3. The van der Waals surface area contributed by atoms with Gasteiger partial charge in [0.2, 0.25) is 94.5 Å². The fraction of sp³-hybridized carbons (Fsp3) is 0.643. The molecule has 1 aromatic heterocycles. The predicted octanol–water partition coefficient (Wildman–Crippen LogP) is -13.2. The zero-order valence-electron chi connectivity index (χ0n) is 68.9. The highest BCUT2D eigenvalue weighted by Gasteiger charge is 2.41. The number of carbonyl (C=O) groups is 18. The van der Waals surface area contributed by atoms with Crippen molar-refractivity contribution in [1.82, 2.24) is 105 Å². The molecule has 0 saturated carbocycles. The Hall–Kier alpha value is -13.0. The van der Waals surface area contributed by atoms with E-state index in [1.165, 1.54) is 19.4 Å². The molecular weight excluding hydrogens is 1660 g/mol. The number of guanidine groups is 4. The number of hydrogen-bond acceptors (Lipinski definition) is 27. The number of imidazole rings is 1. The Kier molecular flexibility index (Phi) is 49.5. The van der Waals surface area contributed by atoms with E-state index in [-0.39, 0.29) is 115 Å². The van der Waals surface area contributed by atoms with Gasteiger partial charge in [-0.2, -0.15) is 12.6 Å². The molecule has 14 atom stereocenters. The summed E-state index contributed by atoms with van der Waals surface area (Å²) in [6, 6.07) is -21.6. The number of aromatic nitrogens is 2. The summed E-state index contributed by atoms with van der Waals surface area (Å²) in [4.78, 5) is 250. The van der Waals surface area contributed by atoms with Crippen LogP contribution in [0.15, 0.2) is 12.5 Å². The minimum absolute atomic E-state index is 0.0107. The van der Waals surface area contributed by atoms with Gasteiger partial charge in [-0.25, -0.2) is 9.78 Å². The van der Waals surface area contributed by atoms with E-state index in [0.717, 1.165) is 11.8 Å². The van der Waals surface area contributed by atoms with E-state index in [0.29, 0.717) is 19.4 Å². The van der Waals surface area contributed by atoms with Crippen LogP contribution in [0.25, 0.3) is 0 Å². The Labute approximate surface area is 717 Å². The fourth-order valence-electron chi connectivity index (χ4n) is 12.0. The van der Waals surface area contributed by atoms with Crippen molar-refractivity contribution in [3.05, 3.63) is 18.2 Å². The number of aliphatic carboxylic acids is 2. The van der Waals surface area contributed by atoms with E-state index >= 15 is 0 Å². The molecule has 694 valence electrons. The molecule has 0 aromatic carbocycles. The number of amides is 16. The summed E-state index contributed by atoms with van der Waals surface area (Å²) in [5, 5.41) is 101. The van der Waals surface area contributed by atoms with Crippen LogP contribution in [0.3, 0.4) is 0 Å². The van der Waals surface area contributed by atoms with E-state index in [1.54, 1.807) is 0 Å². The van der Waals surface area contributed by atoms with Crippen LogP contribution in [0.1, 0.15) is 142 Å². The van der Waals surface area contributed by atoms with Crippen LogP contribution in [0.4, 0.5) is 0 Å². The van der Waals surface area contributed by atoms with Gasteiger partial charge < -0.3 is 161 Å². The van der Waals surface area contributed by atoms with Crippen LogP contribution in [-0.4, -0.2) is 303 Å². The predicted molar refractivity (Wildman–Crippen MR) is 444 cm³/mol. The Morgan fingerprint density at radius 2 is 0.863 bits per heavy atom. The van der Waals surface area contributed by atoms with E-state index in [9.17, 15) is 102 Å². The van der Waals surface area contributed by atoms with Gasteiger partial charge in [0.05, 0.1) is 25.5 Å². The number of nitrogens with one attached hydrogen (secondary N) is 22. The number of likely N-dealkylation sites (tertiary alicyclic amines) is 1. The van der Waals surface area contributed by atoms with Gasteiger partial charge >= 0.3 is 11.9 Å². The van der Waals surface area contributed by atoms with Gasteiger partial charge in [0.15, 0.2) is 23.8 Å². The van der Waals surface area contributed by atoms with Crippen LogP contribution in [0.5, 0.6) is 0 Å². The Morgan fingerprint density at radius 1 is 0.468 bits per heavy atom. The molecule has 1 aliphatic heterocycles. The quantitative estimate of drug-likeness (QED) is 0.0125. The lowest BCUT2D eigenvalue weighted by Gasteiger charge is -2.30. The van der Waals surface area contributed by atoms with Crippen molar-refractivity contribution >= 4 is 143 Å². The molecule has 54 heteroatoms. The molecule has 1 fully saturated rings. The van der Waals surface area contributed by atoms with Crippen LogP contribution in [0, 0.1) is 21.6 Å². The van der Waals surface area contributed by atoms with Crippen molar-refractivity contribution in [3.8, 4) is 0 Å². The van der Waals surface area contributed by atoms with Gasteiger partial charge in [-0.1, -0.05) is 6.42 Å². The molecule has 53 nitrogen and oxygen atoms in total. The number of hydrogen-bond donors (Lipinski definition) is 34. The van der Waals surface area contributed by atoms with Crippen LogP contribution in [-0.2, 0) is 92.7 Å². The molecular formula is C70H122N32O21S. The molecule has 1 saturated heterocycles. The molecule has 0 radical (unpaired) electrons.